The second-order valence-corrected chi connectivity index (χ2v) is 14.2. The molecule has 0 spiro atoms. The van der Waals surface area contributed by atoms with E-state index in [1.807, 2.05) is 52.1 Å². The number of hydroxylamine groups is 1. The summed E-state index contributed by atoms with van der Waals surface area (Å²) < 4.78 is 26.5. The van der Waals surface area contributed by atoms with E-state index in [4.69, 9.17) is 14.0 Å². The number of nitrogens with zero attached hydrogens (tertiary/aromatic N) is 4. The second kappa shape index (κ2) is 13.5. The number of hydrogen-bond acceptors (Lipinski definition) is 3. The van der Waals surface area contributed by atoms with Crippen molar-refractivity contribution in [1.29, 1.82) is 0 Å². The summed E-state index contributed by atoms with van der Waals surface area (Å²) in [5.41, 5.74) is 7.56. The van der Waals surface area contributed by atoms with Gasteiger partial charge in [-0.1, -0.05) is 96.5 Å². The van der Waals surface area contributed by atoms with Crippen molar-refractivity contribution >= 4 is 38.9 Å². The molecule has 0 saturated carbocycles. The van der Waals surface area contributed by atoms with E-state index in [-0.39, 0.29) is 32.2 Å². The molecule has 3 heterocycles. The Balaban J connectivity index is 0.00000441. The predicted molar refractivity (Wildman–Crippen MR) is 212 cm³/mol. The van der Waals surface area contributed by atoms with Crippen molar-refractivity contribution in [1.82, 2.24) is 9.55 Å². The van der Waals surface area contributed by atoms with Crippen LogP contribution in [0.2, 0.25) is 0 Å². The summed E-state index contributed by atoms with van der Waals surface area (Å²) >= 11 is 0. The minimum Gasteiger partial charge on any atom is -0.319 e. The molecule has 0 fully saturated rings. The molecular weight excluding hydrogens is 832 g/mol. The van der Waals surface area contributed by atoms with E-state index in [2.05, 4.69) is 135 Å². The van der Waals surface area contributed by atoms with Crippen LogP contribution >= 0.6 is 0 Å². The van der Waals surface area contributed by atoms with Gasteiger partial charge in [-0.15, -0.1) is 38.8 Å². The van der Waals surface area contributed by atoms with Crippen molar-refractivity contribution in [2.75, 3.05) is 10.1 Å². The first-order chi connectivity index (χ1) is 26.5. The molecular formula is C47H39N4OPt-. The topological polar surface area (TPSA) is 37.1 Å². The van der Waals surface area contributed by atoms with Crippen molar-refractivity contribution in [2.24, 2.45) is 0 Å². The van der Waals surface area contributed by atoms with E-state index in [1.54, 1.807) is 18.3 Å². The van der Waals surface area contributed by atoms with Gasteiger partial charge in [0.25, 0.3) is 0 Å². The first-order valence-corrected chi connectivity index (χ1v) is 17.5. The van der Waals surface area contributed by atoms with Gasteiger partial charge in [0, 0.05) is 48.0 Å². The molecule has 0 bridgehead atoms. The normalized spacial score (nSPS) is 14.1. The van der Waals surface area contributed by atoms with Gasteiger partial charge in [-0.3, -0.25) is 0 Å². The van der Waals surface area contributed by atoms with E-state index < -0.39 is 12.3 Å². The third-order valence-corrected chi connectivity index (χ3v) is 9.94. The average molecular weight is 874 g/mol. The largest absolute Gasteiger partial charge is 0.319 e. The Morgan fingerprint density at radius 2 is 1.30 bits per heavy atom. The van der Waals surface area contributed by atoms with Gasteiger partial charge in [0.15, 0.2) is 0 Å². The molecule has 0 unspecified atom stereocenters. The minimum atomic E-state index is -2.28. The smallest absolute Gasteiger partial charge is 0.145 e. The molecule has 1 aliphatic rings. The fourth-order valence-corrected chi connectivity index (χ4v) is 7.68. The molecule has 8 aromatic rings. The first kappa shape index (κ1) is 31.1. The Morgan fingerprint density at radius 1 is 0.642 bits per heavy atom. The van der Waals surface area contributed by atoms with Crippen LogP contribution in [0.4, 0.5) is 17.1 Å². The molecule has 0 aliphatic carbocycles. The zero-order valence-electron chi connectivity index (χ0n) is 32.6. The minimum absolute atomic E-state index is 0. The summed E-state index contributed by atoms with van der Waals surface area (Å²) in [6, 6.07) is 59.1. The molecule has 0 amide bonds. The molecule has 6 aromatic carbocycles. The van der Waals surface area contributed by atoms with Crippen molar-refractivity contribution in [3.8, 4) is 5.82 Å². The summed E-state index contributed by atoms with van der Waals surface area (Å²) in [6.45, 7) is 4.20. The van der Waals surface area contributed by atoms with Gasteiger partial charge < -0.3 is 4.57 Å². The molecule has 264 valence electrons. The summed E-state index contributed by atoms with van der Waals surface area (Å²) in [6.07, 6.45) is 1.57. The quantitative estimate of drug-likeness (QED) is 0.0949. The number of aryl methyl sites for hydroxylation is 1. The van der Waals surface area contributed by atoms with Crippen LogP contribution in [0.5, 0.6) is 0 Å². The van der Waals surface area contributed by atoms with Gasteiger partial charge in [-0.2, -0.15) is 35.3 Å². The van der Waals surface area contributed by atoms with Crippen molar-refractivity contribution < 1.29 is 30.1 Å². The number of benzene rings is 6. The van der Waals surface area contributed by atoms with Crippen LogP contribution in [0.15, 0.2) is 158 Å². The van der Waals surface area contributed by atoms with Gasteiger partial charge in [0.1, 0.15) is 22.7 Å². The summed E-state index contributed by atoms with van der Waals surface area (Å²) in [7, 11) is 0. The maximum atomic E-state index is 8.16. The molecule has 6 heteroatoms. The SMILES string of the molecule is [2H]C([2H])([2H])c1ccnc(-n2c3[c-]c(C(c4[c-]c(N5[OH+]N(C(C)(C)C)c6ccccc65)ccc4)(c4ccccc4)c4ccccc4)ccc3c3ccccc32)c1.[Pt]. The van der Waals surface area contributed by atoms with Crippen molar-refractivity contribution in [3.63, 3.8) is 0 Å². The maximum Gasteiger partial charge on any atom is 0.145 e. The zero-order valence-corrected chi connectivity index (χ0v) is 31.8. The van der Waals surface area contributed by atoms with Crippen LogP contribution in [0.1, 0.15) is 52.7 Å². The Kier molecular flexibility index (Phi) is 7.91. The summed E-state index contributed by atoms with van der Waals surface area (Å²) in [5, 5.41) is 6.07. The number of pyridine rings is 1. The van der Waals surface area contributed by atoms with E-state index in [1.165, 1.54) is 0 Å². The van der Waals surface area contributed by atoms with Gasteiger partial charge in [0.05, 0.1) is 0 Å². The molecule has 9 rings (SSSR count). The van der Waals surface area contributed by atoms with Crippen LogP contribution < -0.4 is 10.1 Å². The van der Waals surface area contributed by atoms with Crippen LogP contribution in [0.25, 0.3) is 27.6 Å². The number of para-hydroxylation sites is 3. The first-order valence-electron chi connectivity index (χ1n) is 19.0. The van der Waals surface area contributed by atoms with Gasteiger partial charge in [-0.05, 0) is 80.0 Å². The fraction of sp³-hybridized carbons (Fsp3) is 0.128. The zero-order chi connectivity index (χ0) is 38.0. The monoisotopic (exact) mass is 873 g/mol. The Bertz CT molecular complexity index is 2650. The summed E-state index contributed by atoms with van der Waals surface area (Å²) in [4.78, 5) is 9.88. The van der Waals surface area contributed by atoms with Crippen LogP contribution in [-0.4, -0.2) is 20.0 Å². The van der Waals surface area contributed by atoms with Crippen LogP contribution in [-0.2, 0) is 26.5 Å². The number of anilines is 3. The molecule has 2 aromatic heterocycles. The molecule has 0 atom stereocenters. The van der Waals surface area contributed by atoms with Crippen molar-refractivity contribution in [2.45, 2.75) is 38.6 Å². The fourth-order valence-electron chi connectivity index (χ4n) is 7.68. The summed E-state index contributed by atoms with van der Waals surface area (Å²) in [5.74, 6) is 0.518. The van der Waals surface area contributed by atoms with Crippen molar-refractivity contribution in [3.05, 3.63) is 198 Å². The van der Waals surface area contributed by atoms with E-state index >= 15 is 0 Å². The third-order valence-electron chi connectivity index (χ3n) is 9.94. The molecule has 5 nitrogen and oxygen atoms in total. The number of fused-ring (bicyclic) bond motifs is 4. The molecule has 1 aliphatic heterocycles. The van der Waals surface area contributed by atoms with Crippen LogP contribution in [0.3, 0.4) is 0 Å². The van der Waals surface area contributed by atoms with E-state index in [0.29, 0.717) is 5.82 Å². The predicted octanol–water partition coefficient (Wildman–Crippen LogP) is 11.1. The molecule has 53 heavy (non-hydrogen) atoms. The standard InChI is InChI=1S/C47H38N4O.Pt/c1-33-28-29-48-45(30-33)49-41-23-12-11-22-39(41)40-27-26-37(32-44(40)49)47(34-16-7-5-8-17-34,35-18-9-6-10-19-35)36-20-15-21-38(31-36)50-42-24-13-14-25-43(42)51(52-50)46(2,3)4;/h5-30H,1-4H3;/q-2;/p+1/i1D3;. The van der Waals surface area contributed by atoms with Gasteiger partial charge in [-0.25, -0.2) is 4.98 Å². The third kappa shape index (κ3) is 5.67. The molecule has 0 radical (unpaired) electrons. The Morgan fingerprint density at radius 3 is 2.02 bits per heavy atom. The molecule has 1 N–H and O–H groups in total. The van der Waals surface area contributed by atoms with E-state index in [0.717, 1.165) is 61.1 Å². The number of aromatic nitrogens is 2. The molecule has 0 saturated heterocycles. The van der Waals surface area contributed by atoms with Gasteiger partial charge in [0.2, 0.25) is 0 Å². The average Bonchev–Trinajstić information content (AvgIpc) is 3.76. The second-order valence-electron chi connectivity index (χ2n) is 14.2. The van der Waals surface area contributed by atoms with Crippen LogP contribution in [0, 0.1) is 19.0 Å². The maximum absolute atomic E-state index is 8.16. The Hall–Kier alpha value is -5.48. The number of rotatable bonds is 6. The Labute approximate surface area is 329 Å². The van der Waals surface area contributed by atoms with E-state index in [9.17, 15) is 0 Å². The van der Waals surface area contributed by atoms with Gasteiger partial charge >= 0.3 is 0 Å². The number of hydrogen-bond donors (Lipinski definition) is 0.